The van der Waals surface area contributed by atoms with Crippen LogP contribution in [0.4, 0.5) is 4.79 Å². The minimum absolute atomic E-state index is 0.102. The van der Waals surface area contributed by atoms with E-state index >= 15 is 0 Å². The Labute approximate surface area is 119 Å². The number of carboxylic acid groups (broad SMARTS) is 1. The fourth-order valence-corrected chi connectivity index (χ4v) is 3.14. The van der Waals surface area contributed by atoms with Gasteiger partial charge in [-0.2, -0.15) is 0 Å². The lowest BCUT2D eigenvalue weighted by Gasteiger charge is -2.28. The van der Waals surface area contributed by atoms with Crippen molar-refractivity contribution in [2.45, 2.75) is 51.2 Å². The minimum atomic E-state index is -1.05. The average molecular weight is 284 g/mol. The minimum Gasteiger partial charge on any atom is -0.480 e. The summed E-state index contributed by atoms with van der Waals surface area (Å²) in [7, 11) is 0. The Balaban J connectivity index is 1.80. The summed E-state index contributed by atoms with van der Waals surface area (Å²) in [6, 6.07) is -1.27. The molecule has 0 radical (unpaired) electrons. The maximum absolute atomic E-state index is 12.1. The number of hydrogen-bond donors (Lipinski definition) is 3. The zero-order valence-electron chi connectivity index (χ0n) is 11.9. The van der Waals surface area contributed by atoms with Crippen LogP contribution in [0.2, 0.25) is 0 Å². The summed E-state index contributed by atoms with van der Waals surface area (Å²) in [5.74, 6) is 0.209. The van der Waals surface area contributed by atoms with Crippen molar-refractivity contribution in [2.75, 3.05) is 13.1 Å². The summed E-state index contributed by atoms with van der Waals surface area (Å²) in [4.78, 5) is 24.4. The van der Waals surface area contributed by atoms with E-state index in [-0.39, 0.29) is 19.0 Å². The van der Waals surface area contributed by atoms with Crippen LogP contribution < -0.4 is 5.32 Å². The van der Waals surface area contributed by atoms with Gasteiger partial charge in [0, 0.05) is 19.5 Å². The van der Waals surface area contributed by atoms with Crippen LogP contribution in [0.5, 0.6) is 0 Å². The second-order valence-electron chi connectivity index (χ2n) is 6.21. The van der Waals surface area contributed by atoms with Crippen molar-refractivity contribution in [2.24, 2.45) is 11.8 Å². The molecule has 0 aromatic heterocycles. The van der Waals surface area contributed by atoms with Crippen LogP contribution in [-0.2, 0) is 4.79 Å². The third kappa shape index (κ3) is 3.62. The van der Waals surface area contributed by atoms with E-state index in [0.717, 1.165) is 18.8 Å². The number of likely N-dealkylation sites (tertiary alicyclic amines) is 1. The van der Waals surface area contributed by atoms with E-state index in [9.17, 15) is 14.7 Å². The van der Waals surface area contributed by atoms with Crippen LogP contribution in [0, 0.1) is 11.8 Å². The molecule has 1 saturated heterocycles. The standard InChI is InChI=1S/C14H24N2O4/c1-9-2-4-10(5-3-9)7-15-14(20)16-8-11(17)6-12(16)13(18)19/h9-12,17H,2-8H2,1H3,(H,15,20)(H,18,19)/t9?,10?,11-,12-/m1/s1. The maximum Gasteiger partial charge on any atom is 0.326 e. The lowest BCUT2D eigenvalue weighted by atomic mass is 9.83. The number of nitrogens with one attached hydrogen (secondary N) is 1. The molecule has 3 N–H and O–H groups in total. The second-order valence-corrected chi connectivity index (χ2v) is 6.21. The molecule has 114 valence electrons. The van der Waals surface area contributed by atoms with Gasteiger partial charge in [0.25, 0.3) is 0 Å². The number of hydrogen-bond acceptors (Lipinski definition) is 3. The molecule has 2 fully saturated rings. The lowest BCUT2D eigenvalue weighted by molar-refractivity contribution is -0.141. The Morgan fingerprint density at radius 1 is 1.25 bits per heavy atom. The highest BCUT2D eigenvalue weighted by molar-refractivity contribution is 5.83. The highest BCUT2D eigenvalue weighted by atomic mass is 16.4. The molecule has 0 aromatic rings. The molecule has 2 rings (SSSR count). The number of carboxylic acids is 1. The zero-order valence-corrected chi connectivity index (χ0v) is 11.9. The number of rotatable bonds is 3. The van der Waals surface area contributed by atoms with Crippen LogP contribution in [0.1, 0.15) is 39.0 Å². The zero-order chi connectivity index (χ0) is 14.7. The molecular formula is C14H24N2O4. The van der Waals surface area contributed by atoms with E-state index in [0.29, 0.717) is 12.5 Å². The molecular weight excluding hydrogens is 260 g/mol. The van der Waals surface area contributed by atoms with E-state index < -0.39 is 18.1 Å². The van der Waals surface area contributed by atoms with Gasteiger partial charge in [-0.1, -0.05) is 19.8 Å². The molecule has 0 unspecified atom stereocenters. The van der Waals surface area contributed by atoms with Crippen LogP contribution in [0.25, 0.3) is 0 Å². The van der Waals surface area contributed by atoms with Gasteiger partial charge in [-0.15, -0.1) is 0 Å². The fourth-order valence-electron chi connectivity index (χ4n) is 3.14. The molecule has 20 heavy (non-hydrogen) atoms. The average Bonchev–Trinajstić information content (AvgIpc) is 2.80. The SMILES string of the molecule is CC1CCC(CNC(=O)N2C[C@H](O)C[C@@H]2C(=O)O)CC1. The predicted molar refractivity (Wildman–Crippen MR) is 73.3 cm³/mol. The molecule has 6 nitrogen and oxygen atoms in total. The summed E-state index contributed by atoms with van der Waals surface area (Å²) in [5.41, 5.74) is 0. The monoisotopic (exact) mass is 284 g/mol. The Morgan fingerprint density at radius 3 is 2.50 bits per heavy atom. The summed E-state index contributed by atoms with van der Waals surface area (Å²) in [6.45, 7) is 2.95. The van der Waals surface area contributed by atoms with Crippen molar-refractivity contribution in [1.82, 2.24) is 10.2 Å². The second kappa shape index (κ2) is 6.43. The number of aliphatic carboxylic acids is 1. The molecule has 1 aliphatic heterocycles. The first-order chi connectivity index (χ1) is 9.47. The molecule has 2 atom stereocenters. The topological polar surface area (TPSA) is 89.9 Å². The first-order valence-corrected chi connectivity index (χ1v) is 7.42. The number of urea groups is 1. The number of carbonyl (C=O) groups is 2. The largest absolute Gasteiger partial charge is 0.480 e. The lowest BCUT2D eigenvalue weighted by Crippen LogP contribution is -2.47. The number of aliphatic hydroxyl groups is 1. The van der Waals surface area contributed by atoms with E-state index in [4.69, 9.17) is 5.11 Å². The predicted octanol–water partition coefficient (Wildman–Crippen LogP) is 1.04. The molecule has 2 aliphatic rings. The van der Waals surface area contributed by atoms with Gasteiger partial charge in [-0.3, -0.25) is 0 Å². The number of nitrogens with zero attached hydrogens (tertiary/aromatic N) is 1. The molecule has 6 heteroatoms. The van der Waals surface area contributed by atoms with Gasteiger partial charge in [0.15, 0.2) is 0 Å². The summed E-state index contributed by atoms with van der Waals surface area (Å²) in [5, 5.41) is 21.4. The van der Waals surface area contributed by atoms with Gasteiger partial charge in [0.05, 0.1) is 6.10 Å². The quantitative estimate of drug-likeness (QED) is 0.722. The number of amides is 2. The summed E-state index contributed by atoms with van der Waals surface area (Å²) in [6.07, 6.45) is 4.00. The van der Waals surface area contributed by atoms with Gasteiger partial charge in [-0.25, -0.2) is 9.59 Å². The number of β-amino-alcohol motifs (C(OH)–C–C–N with tert-alkyl or cyclic N) is 1. The van der Waals surface area contributed by atoms with E-state index in [2.05, 4.69) is 12.2 Å². The summed E-state index contributed by atoms with van der Waals surface area (Å²) >= 11 is 0. The van der Waals surface area contributed by atoms with Crippen molar-refractivity contribution in [1.29, 1.82) is 0 Å². The van der Waals surface area contributed by atoms with Gasteiger partial charge in [0.1, 0.15) is 6.04 Å². The first-order valence-electron chi connectivity index (χ1n) is 7.42. The Morgan fingerprint density at radius 2 is 1.90 bits per heavy atom. The van der Waals surface area contributed by atoms with Crippen molar-refractivity contribution in [3.63, 3.8) is 0 Å². The van der Waals surface area contributed by atoms with Crippen LogP contribution in [0.15, 0.2) is 0 Å². The van der Waals surface area contributed by atoms with Crippen molar-refractivity contribution < 1.29 is 19.8 Å². The third-order valence-corrected chi connectivity index (χ3v) is 4.50. The highest BCUT2D eigenvalue weighted by Crippen LogP contribution is 2.27. The van der Waals surface area contributed by atoms with Crippen molar-refractivity contribution in [3.8, 4) is 0 Å². The Hall–Kier alpha value is -1.30. The molecule has 0 spiro atoms. The van der Waals surface area contributed by atoms with Crippen LogP contribution in [-0.4, -0.2) is 52.3 Å². The molecule has 1 aliphatic carbocycles. The number of aliphatic hydroxyl groups excluding tert-OH is 1. The van der Waals surface area contributed by atoms with Crippen molar-refractivity contribution in [3.05, 3.63) is 0 Å². The molecule has 0 bridgehead atoms. The normalized spacial score (nSPS) is 34.0. The molecule has 1 saturated carbocycles. The van der Waals surface area contributed by atoms with Gasteiger partial charge < -0.3 is 20.4 Å². The van der Waals surface area contributed by atoms with Gasteiger partial charge in [0.2, 0.25) is 0 Å². The Kier molecular flexibility index (Phi) is 4.86. The van der Waals surface area contributed by atoms with E-state index in [1.807, 2.05) is 0 Å². The van der Waals surface area contributed by atoms with Crippen LogP contribution in [0.3, 0.4) is 0 Å². The Bertz CT molecular complexity index is 366. The molecule has 1 heterocycles. The van der Waals surface area contributed by atoms with Gasteiger partial charge in [-0.05, 0) is 24.7 Å². The fraction of sp³-hybridized carbons (Fsp3) is 0.857. The highest BCUT2D eigenvalue weighted by Gasteiger charge is 2.39. The summed E-state index contributed by atoms with van der Waals surface area (Å²) < 4.78 is 0. The van der Waals surface area contributed by atoms with E-state index in [1.54, 1.807) is 0 Å². The third-order valence-electron chi connectivity index (χ3n) is 4.50. The molecule has 2 amide bonds. The van der Waals surface area contributed by atoms with Gasteiger partial charge >= 0.3 is 12.0 Å². The number of carbonyl (C=O) groups excluding carboxylic acids is 1. The van der Waals surface area contributed by atoms with E-state index in [1.165, 1.54) is 17.7 Å². The van der Waals surface area contributed by atoms with Crippen LogP contribution >= 0.6 is 0 Å². The smallest absolute Gasteiger partial charge is 0.326 e. The van der Waals surface area contributed by atoms with Crippen molar-refractivity contribution >= 4 is 12.0 Å². The first kappa shape index (κ1) is 15.1. The molecule has 0 aromatic carbocycles. The maximum atomic E-state index is 12.1.